The van der Waals surface area contributed by atoms with Gasteiger partial charge in [0, 0.05) is 30.7 Å². The van der Waals surface area contributed by atoms with Crippen LogP contribution in [0.15, 0.2) is 18.2 Å². The largest absolute Gasteiger partial charge is 0.377 e. The topological polar surface area (TPSA) is 3.24 Å². The molecule has 0 spiro atoms. The molecule has 0 aliphatic carbocycles. The van der Waals surface area contributed by atoms with Gasteiger partial charge in [0.2, 0.25) is 0 Å². The molecule has 64 valence electrons. The zero-order valence-corrected chi connectivity index (χ0v) is 9.18. The summed E-state index contributed by atoms with van der Waals surface area (Å²) in [7, 11) is 4.14. The van der Waals surface area contributed by atoms with Gasteiger partial charge in [0.15, 0.2) is 0 Å². The molecule has 0 atom stereocenters. The first kappa shape index (κ1) is 11.2. The maximum absolute atomic E-state index is 2.16. The molecule has 0 saturated heterocycles. The quantitative estimate of drug-likeness (QED) is 0.593. The predicted octanol–water partition coefficient (Wildman–Crippen LogP) is 1.99. The highest BCUT2D eigenvalue weighted by Crippen LogP contribution is 2.19. The minimum absolute atomic E-state index is 0. The first-order valence-electron chi connectivity index (χ1n) is 3.86. The van der Waals surface area contributed by atoms with Crippen LogP contribution in [0.5, 0.6) is 0 Å². The van der Waals surface area contributed by atoms with Gasteiger partial charge in [-0.2, -0.15) is 0 Å². The number of anilines is 1. The summed E-state index contributed by atoms with van der Waals surface area (Å²) in [6.45, 7) is 4.30. The van der Waals surface area contributed by atoms with Crippen LogP contribution in [-0.2, 0) is 0 Å². The Morgan fingerprint density at radius 3 is 2.08 bits per heavy atom. The maximum Gasteiger partial charge on any atom is 0.0393 e. The summed E-state index contributed by atoms with van der Waals surface area (Å²) in [6, 6.07) is 6.38. The summed E-state index contributed by atoms with van der Waals surface area (Å²) < 4.78 is 0. The third-order valence-electron chi connectivity index (χ3n) is 2.06. The smallest absolute Gasteiger partial charge is 0.0393 e. The second-order valence-corrected chi connectivity index (χ2v) is 3.11. The van der Waals surface area contributed by atoms with Crippen molar-refractivity contribution in [1.82, 2.24) is 0 Å². The zero-order chi connectivity index (χ0) is 8.43. The maximum atomic E-state index is 2.16. The van der Waals surface area contributed by atoms with Crippen LogP contribution in [0.1, 0.15) is 11.1 Å². The van der Waals surface area contributed by atoms with Gasteiger partial charge in [0.25, 0.3) is 0 Å². The summed E-state index contributed by atoms with van der Waals surface area (Å²) >= 11 is 0. The molecule has 1 rings (SSSR count). The fourth-order valence-corrected chi connectivity index (χ4v) is 1.22. The fraction of sp³-hybridized carbons (Fsp3) is 0.400. The van der Waals surface area contributed by atoms with Crippen molar-refractivity contribution < 1.29 is 0 Å². The van der Waals surface area contributed by atoms with E-state index in [1.165, 1.54) is 16.8 Å². The second kappa shape index (κ2) is 4.31. The van der Waals surface area contributed by atoms with E-state index >= 15 is 0 Å². The summed E-state index contributed by atoms with van der Waals surface area (Å²) in [5, 5.41) is 0. The monoisotopic (exact) mass is 177 g/mol. The van der Waals surface area contributed by atoms with Gasteiger partial charge in [0.05, 0.1) is 0 Å². The highest BCUT2D eigenvalue weighted by molar-refractivity contribution is 5.75. The van der Waals surface area contributed by atoms with E-state index in [0.29, 0.717) is 0 Å². The third-order valence-corrected chi connectivity index (χ3v) is 2.06. The van der Waals surface area contributed by atoms with Crippen LogP contribution in [0.4, 0.5) is 5.69 Å². The third kappa shape index (κ3) is 2.11. The first-order valence-corrected chi connectivity index (χ1v) is 3.86. The van der Waals surface area contributed by atoms with Crippen LogP contribution in [0.25, 0.3) is 0 Å². The first-order chi connectivity index (χ1) is 5.13. The summed E-state index contributed by atoms with van der Waals surface area (Å²) in [5.74, 6) is 0. The van der Waals surface area contributed by atoms with Crippen molar-refractivity contribution in [2.24, 2.45) is 0 Å². The number of nitrogens with zero attached hydrogens (tertiary/aromatic N) is 1. The minimum Gasteiger partial charge on any atom is -0.377 e. The standard InChI is InChI=1S/C10H15N.Si/c1-8-6-5-7-10(9(8)2)11(3)4;/h5-7H,1-4H3;. The van der Waals surface area contributed by atoms with Crippen molar-refractivity contribution in [1.29, 1.82) is 0 Å². The number of aryl methyl sites for hydroxylation is 1. The molecule has 0 aliphatic heterocycles. The van der Waals surface area contributed by atoms with Crippen LogP contribution in [-0.4, -0.2) is 25.1 Å². The number of rotatable bonds is 1. The van der Waals surface area contributed by atoms with Crippen molar-refractivity contribution in [3.8, 4) is 0 Å². The molecule has 0 fully saturated rings. The molecule has 0 saturated carbocycles. The minimum atomic E-state index is 0. The zero-order valence-electron chi connectivity index (χ0n) is 8.18. The molecule has 4 radical (unpaired) electrons. The van der Waals surface area contributed by atoms with Crippen molar-refractivity contribution >= 4 is 16.7 Å². The molecular formula is C10H15NSi. The van der Waals surface area contributed by atoms with E-state index in [-0.39, 0.29) is 11.0 Å². The molecule has 1 aromatic carbocycles. The molecular weight excluding hydrogens is 162 g/mol. The Morgan fingerprint density at radius 2 is 1.67 bits per heavy atom. The fourth-order valence-electron chi connectivity index (χ4n) is 1.22. The molecule has 0 aromatic heterocycles. The van der Waals surface area contributed by atoms with E-state index in [1.54, 1.807) is 0 Å². The Balaban J connectivity index is 0.00000121. The van der Waals surface area contributed by atoms with Crippen molar-refractivity contribution in [2.45, 2.75) is 13.8 Å². The van der Waals surface area contributed by atoms with E-state index in [4.69, 9.17) is 0 Å². The van der Waals surface area contributed by atoms with E-state index in [0.717, 1.165) is 0 Å². The van der Waals surface area contributed by atoms with Gasteiger partial charge in [0.1, 0.15) is 0 Å². The van der Waals surface area contributed by atoms with Crippen molar-refractivity contribution in [3.63, 3.8) is 0 Å². The molecule has 0 N–H and O–H groups in total. The highest BCUT2D eigenvalue weighted by Gasteiger charge is 2.00. The van der Waals surface area contributed by atoms with Gasteiger partial charge >= 0.3 is 0 Å². The molecule has 0 bridgehead atoms. The number of benzene rings is 1. The molecule has 1 aromatic rings. The van der Waals surface area contributed by atoms with Gasteiger partial charge in [-0.3, -0.25) is 0 Å². The average Bonchev–Trinajstić information content (AvgIpc) is 1.94. The average molecular weight is 177 g/mol. The lowest BCUT2D eigenvalue weighted by Crippen LogP contribution is -2.10. The van der Waals surface area contributed by atoms with Crippen LogP contribution in [0.3, 0.4) is 0 Å². The van der Waals surface area contributed by atoms with Gasteiger partial charge < -0.3 is 4.90 Å². The summed E-state index contributed by atoms with van der Waals surface area (Å²) in [4.78, 5) is 2.14. The van der Waals surface area contributed by atoms with Crippen LogP contribution >= 0.6 is 0 Å². The van der Waals surface area contributed by atoms with E-state index in [9.17, 15) is 0 Å². The van der Waals surface area contributed by atoms with Crippen LogP contribution in [0.2, 0.25) is 0 Å². The van der Waals surface area contributed by atoms with Gasteiger partial charge in [-0.05, 0) is 31.0 Å². The lowest BCUT2D eigenvalue weighted by molar-refractivity contribution is 1.10. The Labute approximate surface area is 79.4 Å². The molecule has 0 amide bonds. The van der Waals surface area contributed by atoms with Crippen LogP contribution in [0, 0.1) is 13.8 Å². The summed E-state index contributed by atoms with van der Waals surface area (Å²) in [5.41, 5.74) is 4.04. The van der Waals surface area contributed by atoms with Crippen molar-refractivity contribution in [3.05, 3.63) is 29.3 Å². The SMILES string of the molecule is Cc1cccc(N(C)C)c1C.[Si]. The lowest BCUT2D eigenvalue weighted by atomic mass is 10.1. The van der Waals surface area contributed by atoms with E-state index in [2.05, 4.69) is 51.0 Å². The molecule has 12 heavy (non-hydrogen) atoms. The van der Waals surface area contributed by atoms with Crippen LogP contribution < -0.4 is 4.90 Å². The highest BCUT2D eigenvalue weighted by atomic mass is 28.1. The molecule has 0 heterocycles. The molecule has 0 unspecified atom stereocenters. The van der Waals surface area contributed by atoms with Gasteiger partial charge in [-0.25, -0.2) is 0 Å². The molecule has 1 nitrogen and oxygen atoms in total. The van der Waals surface area contributed by atoms with Gasteiger partial charge in [-0.1, -0.05) is 12.1 Å². The Kier molecular flexibility index (Phi) is 4.04. The van der Waals surface area contributed by atoms with E-state index < -0.39 is 0 Å². The Hall–Kier alpha value is -0.763. The molecule has 2 heteroatoms. The predicted molar refractivity (Wildman–Crippen MR) is 56.0 cm³/mol. The Bertz CT molecular complexity index is 256. The van der Waals surface area contributed by atoms with Crippen molar-refractivity contribution in [2.75, 3.05) is 19.0 Å². The van der Waals surface area contributed by atoms with Gasteiger partial charge in [-0.15, -0.1) is 0 Å². The Morgan fingerprint density at radius 1 is 1.08 bits per heavy atom. The summed E-state index contributed by atoms with van der Waals surface area (Å²) in [6.07, 6.45) is 0. The molecule has 0 aliphatic rings. The second-order valence-electron chi connectivity index (χ2n) is 3.11. The lowest BCUT2D eigenvalue weighted by Gasteiger charge is -2.16. The van der Waals surface area contributed by atoms with E-state index in [1.807, 2.05) is 0 Å². The number of hydrogen-bond donors (Lipinski definition) is 0. The normalized spacial score (nSPS) is 9.00. The number of hydrogen-bond acceptors (Lipinski definition) is 1.